The van der Waals surface area contributed by atoms with Crippen LogP contribution in [0.25, 0.3) is 0 Å². The third kappa shape index (κ3) is 4.11. The lowest BCUT2D eigenvalue weighted by Gasteiger charge is -2.42. The molecule has 1 heterocycles. The lowest BCUT2D eigenvalue weighted by atomic mass is 9.82. The molecule has 118 valence electrons. The largest absolute Gasteiger partial charge is 0.406 e. The molecule has 1 amide bonds. The van der Waals surface area contributed by atoms with E-state index in [1.54, 1.807) is 6.92 Å². The van der Waals surface area contributed by atoms with Gasteiger partial charge in [-0.3, -0.25) is 4.79 Å². The molecule has 0 spiro atoms. The van der Waals surface area contributed by atoms with E-state index in [0.29, 0.717) is 6.42 Å². The average molecular weight is 323 g/mol. The van der Waals surface area contributed by atoms with Crippen LogP contribution in [-0.4, -0.2) is 35.6 Å². The third-order valence-corrected chi connectivity index (χ3v) is 3.76. The van der Waals surface area contributed by atoms with Gasteiger partial charge in [0.2, 0.25) is 5.91 Å². The number of hydrogen-bond acceptors (Lipinski definition) is 2. The maximum atomic E-state index is 12.6. The summed E-state index contributed by atoms with van der Waals surface area (Å²) >= 11 is 0. The molecule has 1 aliphatic rings. The minimum atomic E-state index is -4.41. The minimum absolute atomic E-state index is 0. The molecule has 0 saturated carbocycles. The monoisotopic (exact) mass is 322 g/mol. The van der Waals surface area contributed by atoms with Crippen molar-refractivity contribution < 1.29 is 18.0 Å². The Labute approximate surface area is 127 Å². The summed E-state index contributed by atoms with van der Waals surface area (Å²) in [6.45, 7) is 0.400. The van der Waals surface area contributed by atoms with Gasteiger partial charge in [0.15, 0.2) is 0 Å². The summed E-state index contributed by atoms with van der Waals surface area (Å²) in [4.78, 5) is 12.7. The summed E-state index contributed by atoms with van der Waals surface area (Å²) < 4.78 is 37.8. The Bertz CT molecular complexity index is 481. The number of piperidine rings is 1. The second kappa shape index (κ2) is 6.66. The Balaban J connectivity index is 0.00000220. The Morgan fingerprint density at radius 1 is 1.29 bits per heavy atom. The standard InChI is InChI=1S/C14H17F3N2O.ClH/c1-9-11(10-5-3-2-4-6-10)7-12(18)13(20)19(9)8-14(15,16)17;/h2-6,9,11-12H,7-8,18H2,1H3;1H/t9-,11?,12?;/m1./s1. The fourth-order valence-corrected chi connectivity index (χ4v) is 2.73. The fourth-order valence-electron chi connectivity index (χ4n) is 2.73. The molecule has 1 saturated heterocycles. The highest BCUT2D eigenvalue weighted by molar-refractivity contribution is 5.85. The van der Waals surface area contributed by atoms with E-state index in [0.717, 1.165) is 10.5 Å². The highest BCUT2D eigenvalue weighted by atomic mass is 35.5. The van der Waals surface area contributed by atoms with Gasteiger partial charge in [0, 0.05) is 12.0 Å². The van der Waals surface area contributed by atoms with E-state index in [1.807, 2.05) is 30.3 Å². The normalized spacial score (nSPS) is 26.4. The number of carbonyl (C=O) groups is 1. The van der Waals surface area contributed by atoms with Gasteiger partial charge >= 0.3 is 6.18 Å². The molecule has 2 unspecified atom stereocenters. The zero-order valence-corrected chi connectivity index (χ0v) is 12.3. The van der Waals surface area contributed by atoms with E-state index < -0.39 is 30.7 Å². The van der Waals surface area contributed by atoms with Crippen LogP contribution in [0.2, 0.25) is 0 Å². The van der Waals surface area contributed by atoms with Gasteiger partial charge in [-0.2, -0.15) is 13.2 Å². The van der Waals surface area contributed by atoms with Crippen molar-refractivity contribution in [1.82, 2.24) is 4.90 Å². The minimum Gasteiger partial charge on any atom is -0.329 e. The van der Waals surface area contributed by atoms with E-state index in [9.17, 15) is 18.0 Å². The summed E-state index contributed by atoms with van der Waals surface area (Å²) in [7, 11) is 0. The molecule has 3 nitrogen and oxygen atoms in total. The number of carbonyl (C=O) groups excluding carboxylic acids is 1. The second-order valence-electron chi connectivity index (χ2n) is 5.18. The van der Waals surface area contributed by atoms with Crippen molar-refractivity contribution in [3.05, 3.63) is 35.9 Å². The van der Waals surface area contributed by atoms with Crippen LogP contribution in [0.3, 0.4) is 0 Å². The first-order valence-corrected chi connectivity index (χ1v) is 6.47. The molecule has 2 rings (SSSR count). The molecule has 0 aromatic heterocycles. The van der Waals surface area contributed by atoms with Gasteiger partial charge < -0.3 is 10.6 Å². The van der Waals surface area contributed by atoms with Crippen molar-refractivity contribution in [3.8, 4) is 0 Å². The van der Waals surface area contributed by atoms with E-state index in [1.165, 1.54) is 0 Å². The molecule has 1 fully saturated rings. The maximum Gasteiger partial charge on any atom is 0.406 e. The quantitative estimate of drug-likeness (QED) is 0.910. The lowest BCUT2D eigenvalue weighted by Crippen LogP contribution is -2.57. The topological polar surface area (TPSA) is 46.3 Å². The van der Waals surface area contributed by atoms with Crippen LogP contribution in [0.1, 0.15) is 24.8 Å². The second-order valence-corrected chi connectivity index (χ2v) is 5.18. The Hall–Kier alpha value is -1.27. The molecule has 0 aliphatic carbocycles. The fraction of sp³-hybridized carbons (Fsp3) is 0.500. The molecule has 0 radical (unpaired) electrons. The SMILES string of the molecule is C[C@@H]1C(c2ccccc2)CC(N)C(=O)N1CC(F)(F)F.Cl. The molecule has 21 heavy (non-hydrogen) atoms. The van der Waals surface area contributed by atoms with Gasteiger partial charge in [0.1, 0.15) is 6.54 Å². The average Bonchev–Trinajstić information content (AvgIpc) is 2.39. The van der Waals surface area contributed by atoms with Crippen molar-refractivity contribution in [2.45, 2.75) is 37.5 Å². The predicted octanol–water partition coefficient (Wildman–Crippen LogP) is 2.70. The van der Waals surface area contributed by atoms with Crippen molar-refractivity contribution in [2.24, 2.45) is 5.73 Å². The van der Waals surface area contributed by atoms with Crippen molar-refractivity contribution >= 4 is 18.3 Å². The first kappa shape index (κ1) is 17.8. The van der Waals surface area contributed by atoms with Gasteiger partial charge in [-0.25, -0.2) is 0 Å². The molecule has 7 heteroatoms. The van der Waals surface area contributed by atoms with Crippen LogP contribution >= 0.6 is 12.4 Å². The summed E-state index contributed by atoms with van der Waals surface area (Å²) in [6, 6.07) is 7.82. The van der Waals surface area contributed by atoms with E-state index in [4.69, 9.17) is 5.73 Å². The van der Waals surface area contributed by atoms with Gasteiger partial charge in [0.25, 0.3) is 0 Å². The van der Waals surface area contributed by atoms with Gasteiger partial charge in [-0.05, 0) is 18.9 Å². The van der Waals surface area contributed by atoms with Crippen LogP contribution in [-0.2, 0) is 4.79 Å². The summed E-state index contributed by atoms with van der Waals surface area (Å²) in [5.74, 6) is -0.798. The number of rotatable bonds is 2. The Morgan fingerprint density at radius 2 is 1.86 bits per heavy atom. The molecule has 0 bridgehead atoms. The summed E-state index contributed by atoms with van der Waals surface area (Å²) in [5.41, 5.74) is 6.63. The number of benzene rings is 1. The van der Waals surface area contributed by atoms with Crippen LogP contribution in [0.5, 0.6) is 0 Å². The molecule has 3 atom stereocenters. The number of alkyl halides is 3. The number of nitrogens with two attached hydrogens (primary N) is 1. The third-order valence-electron chi connectivity index (χ3n) is 3.76. The van der Waals surface area contributed by atoms with Gasteiger partial charge in [-0.15, -0.1) is 12.4 Å². The van der Waals surface area contributed by atoms with Gasteiger partial charge in [-0.1, -0.05) is 30.3 Å². The first-order valence-electron chi connectivity index (χ1n) is 6.47. The molecule has 1 aliphatic heterocycles. The highest BCUT2D eigenvalue weighted by Crippen LogP contribution is 2.34. The predicted molar refractivity (Wildman–Crippen MR) is 76.3 cm³/mol. The van der Waals surface area contributed by atoms with Crippen molar-refractivity contribution in [2.75, 3.05) is 6.54 Å². The molecule has 1 aromatic carbocycles. The van der Waals surface area contributed by atoms with Crippen molar-refractivity contribution in [3.63, 3.8) is 0 Å². The highest BCUT2D eigenvalue weighted by Gasteiger charge is 2.43. The van der Waals surface area contributed by atoms with Crippen LogP contribution < -0.4 is 5.73 Å². The Morgan fingerprint density at radius 3 is 2.38 bits per heavy atom. The number of halogens is 4. The van der Waals surface area contributed by atoms with Crippen molar-refractivity contribution in [1.29, 1.82) is 0 Å². The number of likely N-dealkylation sites (tertiary alicyclic amines) is 1. The molecular weight excluding hydrogens is 305 g/mol. The number of nitrogens with zero attached hydrogens (tertiary/aromatic N) is 1. The van der Waals surface area contributed by atoms with E-state index >= 15 is 0 Å². The smallest absolute Gasteiger partial charge is 0.329 e. The zero-order chi connectivity index (χ0) is 14.9. The lowest BCUT2D eigenvalue weighted by molar-refractivity contribution is -0.170. The summed E-state index contributed by atoms with van der Waals surface area (Å²) in [6.07, 6.45) is -4.04. The zero-order valence-electron chi connectivity index (χ0n) is 11.5. The van der Waals surface area contributed by atoms with E-state index in [-0.39, 0.29) is 18.3 Å². The number of amides is 1. The summed E-state index contributed by atoms with van der Waals surface area (Å²) in [5, 5.41) is 0. The van der Waals surface area contributed by atoms with Gasteiger partial charge in [0.05, 0.1) is 6.04 Å². The molecular formula is C14H18ClF3N2O. The van der Waals surface area contributed by atoms with Crippen LogP contribution in [0.4, 0.5) is 13.2 Å². The van der Waals surface area contributed by atoms with Crippen LogP contribution in [0.15, 0.2) is 30.3 Å². The molecule has 2 N–H and O–H groups in total. The molecule has 1 aromatic rings. The van der Waals surface area contributed by atoms with E-state index in [2.05, 4.69) is 0 Å². The van der Waals surface area contributed by atoms with Crippen LogP contribution in [0, 0.1) is 0 Å². The number of hydrogen-bond donors (Lipinski definition) is 1. The maximum absolute atomic E-state index is 12.6. The first-order chi connectivity index (χ1) is 9.29. The Kier molecular flexibility index (Phi) is 5.64.